The standard InChI is InChI=1S/C17H26N4O3S/c1-3-13-6-4-5-8-21(13)17(22)15-10-19-16(11-18-15)20(2)14-7-9-25(23,24)12-14/h10-11,13-14H,3-9,12H2,1-2H3. The average Bonchev–Trinajstić information content (AvgIpc) is 3.00. The van der Waals surface area contributed by atoms with Crippen molar-refractivity contribution in [3.63, 3.8) is 0 Å². The van der Waals surface area contributed by atoms with Gasteiger partial charge in [0, 0.05) is 25.7 Å². The van der Waals surface area contributed by atoms with E-state index >= 15 is 0 Å². The third-order valence-electron chi connectivity index (χ3n) is 5.33. The Hall–Kier alpha value is -1.70. The van der Waals surface area contributed by atoms with Crippen molar-refractivity contribution in [2.45, 2.75) is 51.1 Å². The summed E-state index contributed by atoms with van der Waals surface area (Å²) in [5.74, 6) is 0.915. The Labute approximate surface area is 149 Å². The van der Waals surface area contributed by atoms with E-state index < -0.39 is 9.84 Å². The lowest BCUT2D eigenvalue weighted by atomic mass is 10.00. The van der Waals surface area contributed by atoms with Gasteiger partial charge in [-0.2, -0.15) is 0 Å². The predicted octanol–water partition coefficient (Wildman–Crippen LogP) is 1.50. The van der Waals surface area contributed by atoms with Gasteiger partial charge in [0.25, 0.3) is 5.91 Å². The molecule has 1 amide bonds. The van der Waals surface area contributed by atoms with Gasteiger partial charge in [-0.25, -0.2) is 18.4 Å². The second kappa shape index (κ2) is 7.27. The first-order valence-corrected chi connectivity index (χ1v) is 10.8. The number of nitrogens with zero attached hydrogens (tertiary/aromatic N) is 4. The maximum absolute atomic E-state index is 12.7. The number of hydrogen-bond donors (Lipinski definition) is 0. The molecule has 2 aliphatic rings. The van der Waals surface area contributed by atoms with Crippen molar-refractivity contribution in [3.05, 3.63) is 18.1 Å². The van der Waals surface area contributed by atoms with Crippen LogP contribution in [-0.2, 0) is 9.84 Å². The molecule has 2 unspecified atom stereocenters. The molecule has 0 N–H and O–H groups in total. The van der Waals surface area contributed by atoms with E-state index in [9.17, 15) is 13.2 Å². The van der Waals surface area contributed by atoms with Gasteiger partial charge in [0.1, 0.15) is 11.5 Å². The lowest BCUT2D eigenvalue weighted by Gasteiger charge is -2.35. The van der Waals surface area contributed by atoms with Crippen molar-refractivity contribution >= 4 is 21.6 Å². The molecule has 0 saturated carbocycles. The average molecular weight is 366 g/mol. The molecular weight excluding hydrogens is 340 g/mol. The molecule has 3 rings (SSSR count). The third kappa shape index (κ3) is 3.94. The lowest BCUT2D eigenvalue weighted by molar-refractivity contribution is 0.0601. The maximum Gasteiger partial charge on any atom is 0.274 e. The van der Waals surface area contributed by atoms with Crippen LogP contribution in [0.2, 0.25) is 0 Å². The van der Waals surface area contributed by atoms with Gasteiger partial charge in [0.2, 0.25) is 0 Å². The van der Waals surface area contributed by atoms with Gasteiger partial charge < -0.3 is 9.80 Å². The summed E-state index contributed by atoms with van der Waals surface area (Å²) in [4.78, 5) is 25.2. The molecule has 2 saturated heterocycles. The Morgan fingerprint density at radius 2 is 2.08 bits per heavy atom. The zero-order valence-corrected chi connectivity index (χ0v) is 15.7. The molecule has 2 aliphatic heterocycles. The van der Waals surface area contributed by atoms with Crippen LogP contribution < -0.4 is 4.90 Å². The minimum absolute atomic E-state index is 0.0586. The van der Waals surface area contributed by atoms with Crippen LogP contribution in [-0.4, -0.2) is 66.4 Å². The fourth-order valence-electron chi connectivity index (χ4n) is 3.72. The van der Waals surface area contributed by atoms with E-state index in [4.69, 9.17) is 0 Å². The second-order valence-electron chi connectivity index (χ2n) is 6.98. The number of anilines is 1. The molecule has 7 nitrogen and oxygen atoms in total. The molecule has 0 aliphatic carbocycles. The van der Waals surface area contributed by atoms with Crippen LogP contribution in [0.3, 0.4) is 0 Å². The summed E-state index contributed by atoms with van der Waals surface area (Å²) in [6, 6.07) is 0.210. The van der Waals surface area contributed by atoms with Gasteiger partial charge in [-0.15, -0.1) is 0 Å². The number of carbonyl (C=O) groups excluding carboxylic acids is 1. The molecule has 1 aromatic heterocycles. The van der Waals surface area contributed by atoms with Crippen LogP contribution in [0, 0.1) is 0 Å². The second-order valence-corrected chi connectivity index (χ2v) is 9.21. The van der Waals surface area contributed by atoms with Crippen molar-refractivity contribution in [2.75, 3.05) is 30.0 Å². The van der Waals surface area contributed by atoms with Gasteiger partial charge in [0.05, 0.1) is 23.9 Å². The molecule has 138 valence electrons. The SMILES string of the molecule is CCC1CCCCN1C(=O)c1cnc(N(C)C2CCS(=O)(=O)C2)cn1. The third-order valence-corrected chi connectivity index (χ3v) is 7.08. The molecule has 25 heavy (non-hydrogen) atoms. The lowest BCUT2D eigenvalue weighted by Crippen LogP contribution is -2.43. The summed E-state index contributed by atoms with van der Waals surface area (Å²) < 4.78 is 23.3. The zero-order chi connectivity index (χ0) is 18.0. The highest BCUT2D eigenvalue weighted by molar-refractivity contribution is 7.91. The number of piperidine rings is 1. The molecular formula is C17H26N4O3S. The van der Waals surface area contributed by atoms with Crippen LogP contribution in [0.25, 0.3) is 0 Å². The quantitative estimate of drug-likeness (QED) is 0.803. The van der Waals surface area contributed by atoms with E-state index in [0.717, 1.165) is 25.8 Å². The van der Waals surface area contributed by atoms with Crippen molar-refractivity contribution in [2.24, 2.45) is 0 Å². The molecule has 1 aromatic rings. The van der Waals surface area contributed by atoms with Crippen LogP contribution in [0.4, 0.5) is 5.82 Å². The topological polar surface area (TPSA) is 83.5 Å². The van der Waals surface area contributed by atoms with Gasteiger partial charge in [-0.05, 0) is 32.1 Å². The van der Waals surface area contributed by atoms with E-state index in [-0.39, 0.29) is 29.5 Å². The minimum atomic E-state index is -2.94. The summed E-state index contributed by atoms with van der Waals surface area (Å²) in [6.45, 7) is 2.89. The summed E-state index contributed by atoms with van der Waals surface area (Å²) in [7, 11) is -1.12. The van der Waals surface area contributed by atoms with Crippen molar-refractivity contribution < 1.29 is 13.2 Å². The number of likely N-dealkylation sites (tertiary alicyclic amines) is 1. The molecule has 2 atom stereocenters. The van der Waals surface area contributed by atoms with E-state index in [1.54, 1.807) is 6.20 Å². The van der Waals surface area contributed by atoms with Crippen molar-refractivity contribution in [1.82, 2.24) is 14.9 Å². The van der Waals surface area contributed by atoms with Gasteiger partial charge in [-0.3, -0.25) is 4.79 Å². The molecule has 3 heterocycles. The van der Waals surface area contributed by atoms with Crippen LogP contribution in [0.1, 0.15) is 49.5 Å². The molecule has 0 bridgehead atoms. The maximum atomic E-state index is 12.7. The number of sulfone groups is 1. The molecule has 8 heteroatoms. The monoisotopic (exact) mass is 366 g/mol. The first-order valence-electron chi connectivity index (χ1n) is 8.97. The van der Waals surface area contributed by atoms with Gasteiger partial charge >= 0.3 is 0 Å². The summed E-state index contributed by atoms with van der Waals surface area (Å²) >= 11 is 0. The Bertz CT molecular complexity index is 720. The highest BCUT2D eigenvalue weighted by Crippen LogP contribution is 2.23. The Balaban J connectivity index is 1.70. The highest BCUT2D eigenvalue weighted by atomic mass is 32.2. The highest BCUT2D eigenvalue weighted by Gasteiger charge is 2.32. The van der Waals surface area contributed by atoms with Crippen LogP contribution >= 0.6 is 0 Å². The Morgan fingerprint density at radius 3 is 2.68 bits per heavy atom. The minimum Gasteiger partial charge on any atom is -0.354 e. The summed E-state index contributed by atoms with van der Waals surface area (Å²) in [5.41, 5.74) is 0.358. The summed E-state index contributed by atoms with van der Waals surface area (Å²) in [6.07, 6.45) is 7.90. The smallest absolute Gasteiger partial charge is 0.274 e. The van der Waals surface area contributed by atoms with Gasteiger partial charge in [-0.1, -0.05) is 6.92 Å². The zero-order valence-electron chi connectivity index (χ0n) is 14.9. The first-order chi connectivity index (χ1) is 11.9. The van der Waals surface area contributed by atoms with E-state index in [1.165, 1.54) is 12.6 Å². The van der Waals surface area contributed by atoms with Crippen molar-refractivity contribution in [3.8, 4) is 0 Å². The first kappa shape index (κ1) is 18.1. The molecule has 0 spiro atoms. The predicted molar refractivity (Wildman–Crippen MR) is 96.5 cm³/mol. The number of rotatable bonds is 4. The summed E-state index contributed by atoms with van der Waals surface area (Å²) in [5, 5.41) is 0. The Kier molecular flexibility index (Phi) is 5.27. The van der Waals surface area contributed by atoms with Crippen molar-refractivity contribution in [1.29, 1.82) is 0 Å². The number of carbonyl (C=O) groups is 1. The Morgan fingerprint density at radius 1 is 1.28 bits per heavy atom. The van der Waals surface area contributed by atoms with Gasteiger partial charge in [0.15, 0.2) is 9.84 Å². The fourth-order valence-corrected chi connectivity index (χ4v) is 5.50. The van der Waals surface area contributed by atoms with E-state index in [1.807, 2.05) is 16.8 Å². The van der Waals surface area contributed by atoms with Crippen LogP contribution in [0.5, 0.6) is 0 Å². The van der Waals surface area contributed by atoms with Crippen LogP contribution in [0.15, 0.2) is 12.4 Å². The largest absolute Gasteiger partial charge is 0.354 e. The van der Waals surface area contributed by atoms with E-state index in [0.29, 0.717) is 17.9 Å². The number of hydrogen-bond acceptors (Lipinski definition) is 6. The number of aromatic nitrogens is 2. The normalized spacial score (nSPS) is 25.8. The molecule has 2 fully saturated rings. The number of amides is 1. The molecule has 0 radical (unpaired) electrons. The van der Waals surface area contributed by atoms with E-state index in [2.05, 4.69) is 16.9 Å². The fraction of sp³-hybridized carbons (Fsp3) is 0.706. The molecule has 0 aromatic carbocycles.